The minimum Gasteiger partial charge on any atom is -0.481 e. The monoisotopic (exact) mass is 454 g/mol. The molecular weight excluding hydrogens is 408 g/mol. The lowest BCUT2D eigenvalue weighted by molar-refractivity contribution is -0.229. The molecule has 0 amide bonds. The molecule has 0 aromatic carbocycles. The number of aliphatic hydroxyl groups is 1. The first-order chi connectivity index (χ1) is 15.3. The van der Waals surface area contributed by atoms with Crippen LogP contribution in [0, 0.1) is 44.8 Å². The summed E-state index contributed by atoms with van der Waals surface area (Å²) in [5, 5.41) is 21.4. The van der Waals surface area contributed by atoms with Crippen LogP contribution in [0.1, 0.15) is 106 Å². The number of carboxylic acids is 1. The van der Waals surface area contributed by atoms with Crippen molar-refractivity contribution in [2.45, 2.75) is 112 Å². The van der Waals surface area contributed by atoms with E-state index < -0.39 is 11.4 Å². The molecule has 0 unspecified atom stereocenters. The number of allylic oxidation sites excluding steroid dienone is 2. The van der Waals surface area contributed by atoms with Crippen LogP contribution < -0.4 is 0 Å². The largest absolute Gasteiger partial charge is 0.481 e. The summed E-state index contributed by atoms with van der Waals surface area (Å²) in [6, 6.07) is 0. The molecule has 4 saturated carbocycles. The first-order valence-electron chi connectivity index (χ1n) is 13.6. The molecule has 0 heterocycles. The van der Waals surface area contributed by atoms with E-state index in [9.17, 15) is 15.0 Å². The van der Waals surface area contributed by atoms with E-state index >= 15 is 0 Å². The van der Waals surface area contributed by atoms with Gasteiger partial charge in [0.1, 0.15) is 0 Å². The quantitative estimate of drug-likeness (QED) is 0.442. The lowest BCUT2D eigenvalue weighted by Crippen LogP contribution is -2.66. The number of aliphatic hydroxyl groups excluding tert-OH is 1. The average Bonchev–Trinajstić information content (AvgIpc) is 2.74. The topological polar surface area (TPSA) is 57.5 Å². The fraction of sp³-hybridized carbons (Fsp3) is 0.833. The number of carbonyl (C=O) groups is 1. The highest BCUT2D eigenvalue weighted by atomic mass is 16.4. The second-order valence-electron chi connectivity index (χ2n) is 14.0. The molecule has 0 saturated heterocycles. The van der Waals surface area contributed by atoms with Crippen LogP contribution in [-0.2, 0) is 4.79 Å². The number of carboxylic acid groups (broad SMARTS) is 1. The first-order valence-corrected chi connectivity index (χ1v) is 13.6. The van der Waals surface area contributed by atoms with Crippen molar-refractivity contribution in [1.29, 1.82) is 0 Å². The Kier molecular flexibility index (Phi) is 5.01. The zero-order valence-corrected chi connectivity index (χ0v) is 21.9. The summed E-state index contributed by atoms with van der Waals surface area (Å²) in [7, 11) is 0. The minimum absolute atomic E-state index is 0.0304. The lowest BCUT2D eigenvalue weighted by Gasteiger charge is -2.72. The molecule has 0 radical (unpaired) electrons. The molecule has 184 valence electrons. The van der Waals surface area contributed by atoms with Crippen LogP contribution in [0.15, 0.2) is 23.3 Å². The lowest BCUT2D eigenvalue weighted by atomic mass is 9.32. The van der Waals surface area contributed by atoms with Gasteiger partial charge in [0, 0.05) is 0 Å². The molecule has 33 heavy (non-hydrogen) atoms. The number of hydrogen-bond acceptors (Lipinski definition) is 2. The average molecular weight is 455 g/mol. The third-order valence-electron chi connectivity index (χ3n) is 13.0. The predicted octanol–water partition coefficient (Wildman–Crippen LogP) is 7.15. The van der Waals surface area contributed by atoms with Crippen LogP contribution in [0.4, 0.5) is 0 Å². The molecule has 0 aromatic heterocycles. The van der Waals surface area contributed by atoms with E-state index in [2.05, 4.69) is 48.1 Å². The van der Waals surface area contributed by atoms with E-state index in [1.165, 1.54) is 30.4 Å². The Hall–Kier alpha value is -1.09. The molecule has 0 aliphatic heterocycles. The highest BCUT2D eigenvalue weighted by molar-refractivity contribution is 5.81. The van der Waals surface area contributed by atoms with E-state index in [1.807, 2.05) is 0 Å². The van der Waals surface area contributed by atoms with Gasteiger partial charge >= 0.3 is 5.97 Å². The number of fused-ring (bicyclic) bond motifs is 7. The molecule has 8 atom stereocenters. The van der Waals surface area contributed by atoms with E-state index in [0.717, 1.165) is 50.5 Å². The third-order valence-corrected chi connectivity index (χ3v) is 13.0. The van der Waals surface area contributed by atoms with Gasteiger partial charge in [-0.3, -0.25) is 4.79 Å². The number of hydrogen-bond donors (Lipinski definition) is 2. The molecule has 5 aliphatic carbocycles. The van der Waals surface area contributed by atoms with Gasteiger partial charge in [-0.25, -0.2) is 0 Å². The zero-order valence-electron chi connectivity index (χ0n) is 21.9. The highest BCUT2D eigenvalue weighted by Crippen LogP contribution is 2.76. The van der Waals surface area contributed by atoms with Gasteiger partial charge in [0.25, 0.3) is 0 Å². The highest BCUT2D eigenvalue weighted by Gasteiger charge is 2.69. The van der Waals surface area contributed by atoms with Crippen molar-refractivity contribution in [2.24, 2.45) is 44.8 Å². The van der Waals surface area contributed by atoms with Crippen LogP contribution >= 0.6 is 0 Å². The Morgan fingerprint density at radius 1 is 0.879 bits per heavy atom. The summed E-state index contributed by atoms with van der Waals surface area (Å²) < 4.78 is 0. The van der Waals surface area contributed by atoms with Crippen LogP contribution in [0.25, 0.3) is 0 Å². The summed E-state index contributed by atoms with van der Waals surface area (Å²) in [4.78, 5) is 12.8. The third kappa shape index (κ3) is 2.69. The maximum atomic E-state index is 12.8. The number of aliphatic carboxylic acids is 1. The first kappa shape index (κ1) is 23.6. The van der Waals surface area contributed by atoms with Crippen molar-refractivity contribution in [3.05, 3.63) is 23.3 Å². The second kappa shape index (κ2) is 6.99. The van der Waals surface area contributed by atoms with Crippen molar-refractivity contribution in [2.75, 3.05) is 0 Å². The predicted molar refractivity (Wildman–Crippen MR) is 133 cm³/mol. The zero-order chi connectivity index (χ0) is 24.2. The molecule has 3 heteroatoms. The summed E-state index contributed by atoms with van der Waals surface area (Å²) in [5.41, 5.74) is 3.51. The van der Waals surface area contributed by atoms with Gasteiger partial charge in [0.2, 0.25) is 0 Å². The van der Waals surface area contributed by atoms with Gasteiger partial charge in [0.15, 0.2) is 0 Å². The SMILES string of the molecule is C=C1CC[C@]2(C(=O)O)CC[C@]3(C)[C@H](CC[C@@H]4[C@@]5(C)CC[C@H](O)C(C)(C)[C@@H]5CC[C@]43C)C2=C1C. The molecule has 2 N–H and O–H groups in total. The van der Waals surface area contributed by atoms with E-state index in [0.29, 0.717) is 17.8 Å². The number of rotatable bonds is 1. The van der Waals surface area contributed by atoms with Gasteiger partial charge in [-0.1, -0.05) is 46.8 Å². The van der Waals surface area contributed by atoms with Gasteiger partial charge in [0.05, 0.1) is 11.5 Å². The van der Waals surface area contributed by atoms with E-state index in [-0.39, 0.29) is 27.8 Å². The smallest absolute Gasteiger partial charge is 0.313 e. The van der Waals surface area contributed by atoms with Gasteiger partial charge in [-0.2, -0.15) is 0 Å². The molecule has 5 rings (SSSR count). The van der Waals surface area contributed by atoms with Gasteiger partial charge in [-0.05, 0) is 122 Å². The Morgan fingerprint density at radius 2 is 1.58 bits per heavy atom. The van der Waals surface area contributed by atoms with Crippen molar-refractivity contribution in [3.8, 4) is 0 Å². The van der Waals surface area contributed by atoms with Crippen LogP contribution in [0.5, 0.6) is 0 Å². The van der Waals surface area contributed by atoms with Crippen molar-refractivity contribution >= 4 is 5.97 Å². The van der Waals surface area contributed by atoms with Gasteiger partial charge < -0.3 is 10.2 Å². The Balaban J connectivity index is 1.61. The fourth-order valence-corrected chi connectivity index (χ4v) is 10.7. The molecule has 0 spiro atoms. The van der Waals surface area contributed by atoms with Gasteiger partial charge in [-0.15, -0.1) is 0 Å². The summed E-state index contributed by atoms with van der Waals surface area (Å²) in [6.07, 6.45) is 9.88. The fourth-order valence-electron chi connectivity index (χ4n) is 10.7. The molecule has 4 fully saturated rings. The maximum Gasteiger partial charge on any atom is 0.313 e. The summed E-state index contributed by atoms with van der Waals surface area (Å²) in [5.74, 6) is 0.950. The Bertz CT molecular complexity index is 929. The van der Waals surface area contributed by atoms with Crippen molar-refractivity contribution in [3.63, 3.8) is 0 Å². The van der Waals surface area contributed by atoms with E-state index in [4.69, 9.17) is 0 Å². The van der Waals surface area contributed by atoms with Crippen LogP contribution in [0.3, 0.4) is 0 Å². The molecule has 0 aromatic rings. The molecule has 5 aliphatic rings. The standard InChI is InChI=1S/C30H46O3/c1-18-10-15-30(25(32)33)17-16-28(6)20(24(30)19(18)2)8-9-22-27(5)13-12-23(31)26(3,4)21(27)11-14-29(22,28)7/h20-23,31H,1,8-17H2,2-7H3,(H,32,33)/t20-,21+,22-,23+,27+,28-,29-,30+/m1/s1. The van der Waals surface area contributed by atoms with Crippen molar-refractivity contribution in [1.82, 2.24) is 0 Å². The normalized spacial score (nSPS) is 51.2. The molecule has 3 nitrogen and oxygen atoms in total. The molecule has 0 bridgehead atoms. The maximum absolute atomic E-state index is 12.8. The van der Waals surface area contributed by atoms with Crippen LogP contribution in [0.2, 0.25) is 0 Å². The summed E-state index contributed by atoms with van der Waals surface area (Å²) >= 11 is 0. The van der Waals surface area contributed by atoms with Crippen molar-refractivity contribution < 1.29 is 15.0 Å². The Labute approximate surface area is 201 Å². The minimum atomic E-state index is -0.670. The molecular formula is C30H46O3. The van der Waals surface area contributed by atoms with E-state index in [1.54, 1.807) is 0 Å². The summed E-state index contributed by atoms with van der Waals surface area (Å²) in [6.45, 7) is 18.8. The van der Waals surface area contributed by atoms with Crippen LogP contribution in [-0.4, -0.2) is 22.3 Å². The Morgan fingerprint density at radius 3 is 2.24 bits per heavy atom. The second-order valence-corrected chi connectivity index (χ2v) is 14.0.